The summed E-state index contributed by atoms with van der Waals surface area (Å²) in [5.74, 6) is 0. The van der Waals surface area contributed by atoms with Crippen LogP contribution in [0.25, 0.3) is 0 Å². The van der Waals surface area contributed by atoms with E-state index in [0.29, 0.717) is 0 Å². The number of hydrogen-bond acceptors (Lipinski definition) is 2. The molecule has 0 saturated heterocycles. The van der Waals surface area contributed by atoms with Crippen LogP contribution in [0.3, 0.4) is 0 Å². The monoisotopic (exact) mass is 183 g/mol. The van der Waals surface area contributed by atoms with Gasteiger partial charge in [0.25, 0.3) is 0 Å². The molecular weight excluding hydrogens is 178 g/mol. The molecule has 8 heteroatoms. The van der Waals surface area contributed by atoms with Crippen LogP contribution in [0.4, 0.5) is 0 Å². The molecule has 0 fully saturated rings. The van der Waals surface area contributed by atoms with Crippen LogP contribution in [0.5, 0.6) is 0 Å². The van der Waals surface area contributed by atoms with Gasteiger partial charge in [0.2, 0.25) is 0 Å². The van der Waals surface area contributed by atoms with Crippen molar-refractivity contribution in [3.05, 3.63) is 0 Å². The molecule has 51 valence electrons. The van der Waals surface area contributed by atoms with Crippen LogP contribution in [0, 0.1) is 0 Å². The van der Waals surface area contributed by atoms with Crippen LogP contribution in [0.2, 0.25) is 0 Å². The van der Waals surface area contributed by atoms with Crippen molar-refractivity contribution in [3.63, 3.8) is 0 Å². The van der Waals surface area contributed by atoms with Gasteiger partial charge < -0.3 is 5.48 Å². The van der Waals surface area contributed by atoms with Crippen molar-refractivity contribution in [2.24, 2.45) is 0 Å². The quantitative estimate of drug-likeness (QED) is 0.330. The molecule has 0 bridgehead atoms. The third-order valence-electron chi connectivity index (χ3n) is 0. The van der Waals surface area contributed by atoms with Crippen LogP contribution in [0.1, 0.15) is 0 Å². The normalized spacial score (nSPS) is 7.25. The average Bonchev–Trinajstić information content (AvgIpc) is 0.722. The molecule has 0 aliphatic rings. The van der Waals surface area contributed by atoms with Gasteiger partial charge in [0.1, 0.15) is 0 Å². The van der Waals surface area contributed by atoms with E-state index in [1.807, 2.05) is 0 Å². The van der Waals surface area contributed by atoms with Crippen LogP contribution >= 0.6 is 0 Å². The zero-order chi connectivity index (χ0) is 4.50. The molecule has 5 nitrogen and oxygen atoms in total. The van der Waals surface area contributed by atoms with E-state index in [-0.39, 0.29) is 41.1 Å². The van der Waals surface area contributed by atoms with Crippen molar-refractivity contribution < 1.29 is 39.8 Å². The summed E-state index contributed by atoms with van der Waals surface area (Å²) in [7, 11) is -4.67. The van der Waals surface area contributed by atoms with Crippen LogP contribution in [0.15, 0.2) is 0 Å². The number of hydrogen-bond donors (Lipinski definition) is 2. The molecule has 0 rings (SSSR count). The first-order valence-electron chi connectivity index (χ1n) is 0.698. The Labute approximate surface area is 69.1 Å². The SMILES string of the molecule is O.O=S(=O)(O)O.[Co].[LiH]. The summed E-state index contributed by atoms with van der Waals surface area (Å²) in [5.41, 5.74) is 0. The second kappa shape index (κ2) is 7.93. The van der Waals surface area contributed by atoms with Gasteiger partial charge in [-0.25, -0.2) is 0 Å². The Bertz CT molecular complexity index is 95.6. The predicted molar refractivity (Wildman–Crippen MR) is 24.9 cm³/mol. The third-order valence-corrected chi connectivity index (χ3v) is 0. The summed E-state index contributed by atoms with van der Waals surface area (Å²) in [5, 5.41) is 0. The molecule has 0 aromatic rings. The fourth-order valence-electron chi connectivity index (χ4n) is 0. The van der Waals surface area contributed by atoms with E-state index >= 15 is 0 Å². The van der Waals surface area contributed by atoms with Gasteiger partial charge in [0, 0.05) is 16.8 Å². The van der Waals surface area contributed by atoms with Gasteiger partial charge in [0.05, 0.1) is 0 Å². The molecule has 8 heavy (non-hydrogen) atoms. The second-order valence-electron chi connectivity index (χ2n) is 0.448. The minimum absolute atomic E-state index is 0. The van der Waals surface area contributed by atoms with E-state index in [4.69, 9.17) is 17.5 Å². The fourth-order valence-corrected chi connectivity index (χ4v) is 0. The van der Waals surface area contributed by atoms with Crippen LogP contribution in [-0.4, -0.2) is 41.9 Å². The van der Waals surface area contributed by atoms with Crippen LogP contribution in [-0.2, 0) is 27.2 Å². The zero-order valence-corrected chi connectivity index (χ0v) is 4.81. The molecule has 0 aliphatic carbocycles. The summed E-state index contributed by atoms with van der Waals surface area (Å²) in [4.78, 5) is 0. The summed E-state index contributed by atoms with van der Waals surface area (Å²) in [6.07, 6.45) is 0. The molecule has 1 radical (unpaired) electrons. The molecule has 0 unspecified atom stereocenters. The Hall–Kier alpha value is 0.934. The van der Waals surface area contributed by atoms with Crippen molar-refractivity contribution >= 4 is 29.3 Å². The van der Waals surface area contributed by atoms with E-state index in [1.54, 1.807) is 0 Å². The van der Waals surface area contributed by atoms with Gasteiger partial charge in [-0.3, -0.25) is 9.11 Å². The van der Waals surface area contributed by atoms with Gasteiger partial charge in [-0.2, -0.15) is 8.42 Å². The Balaban J connectivity index is -0.0000000267. The molecule has 0 atom stereocenters. The Kier molecular flexibility index (Phi) is 22.9. The van der Waals surface area contributed by atoms with Gasteiger partial charge in [-0.05, 0) is 0 Å². The molecular formula is H5CoLiO5S. The van der Waals surface area contributed by atoms with Gasteiger partial charge in [0.15, 0.2) is 0 Å². The van der Waals surface area contributed by atoms with E-state index in [2.05, 4.69) is 0 Å². The summed E-state index contributed by atoms with van der Waals surface area (Å²) < 4.78 is 31.6. The second-order valence-corrected chi connectivity index (χ2v) is 1.34. The van der Waals surface area contributed by atoms with Crippen molar-refractivity contribution in [1.29, 1.82) is 0 Å². The van der Waals surface area contributed by atoms with Crippen molar-refractivity contribution in [3.8, 4) is 0 Å². The van der Waals surface area contributed by atoms with Crippen molar-refractivity contribution in [1.82, 2.24) is 0 Å². The van der Waals surface area contributed by atoms with Crippen molar-refractivity contribution in [2.45, 2.75) is 0 Å². The van der Waals surface area contributed by atoms with Gasteiger partial charge in [-0.1, -0.05) is 0 Å². The van der Waals surface area contributed by atoms with E-state index in [9.17, 15) is 0 Å². The topological polar surface area (TPSA) is 106 Å². The average molecular weight is 183 g/mol. The maximum absolute atomic E-state index is 8.74. The molecule has 0 aliphatic heterocycles. The van der Waals surface area contributed by atoms with Crippen molar-refractivity contribution in [2.75, 3.05) is 0 Å². The Morgan fingerprint density at radius 2 is 1.12 bits per heavy atom. The molecule has 4 N–H and O–H groups in total. The first kappa shape index (κ1) is 23.1. The molecule has 0 aromatic heterocycles. The van der Waals surface area contributed by atoms with Crippen LogP contribution < -0.4 is 0 Å². The molecule has 0 heterocycles. The third kappa shape index (κ3) is 280. The molecule has 0 saturated carbocycles. The molecule has 0 spiro atoms. The first-order valence-corrected chi connectivity index (χ1v) is 2.10. The van der Waals surface area contributed by atoms with Gasteiger partial charge >= 0.3 is 29.3 Å². The fraction of sp³-hybridized carbons (Fsp3) is 0. The standard InChI is InChI=1S/Co.Li.H2O4S.H2O.H/c;;1-5(2,3)4;;/h;;(H2,1,2,3,4);1H2;. The minimum atomic E-state index is -4.67. The number of rotatable bonds is 0. The van der Waals surface area contributed by atoms with E-state index < -0.39 is 10.4 Å². The Morgan fingerprint density at radius 3 is 1.12 bits per heavy atom. The molecule has 0 aromatic carbocycles. The molecule has 0 amide bonds. The summed E-state index contributed by atoms with van der Waals surface area (Å²) >= 11 is 0. The predicted octanol–water partition coefficient (Wildman–Crippen LogP) is -2.13. The van der Waals surface area contributed by atoms with E-state index in [0.717, 1.165) is 0 Å². The first-order chi connectivity index (χ1) is 2.00. The summed E-state index contributed by atoms with van der Waals surface area (Å²) in [6.45, 7) is 0. The zero-order valence-electron chi connectivity index (χ0n) is 2.95. The maximum atomic E-state index is 8.74. The van der Waals surface area contributed by atoms with Gasteiger partial charge in [-0.15, -0.1) is 0 Å². The van der Waals surface area contributed by atoms with E-state index in [1.165, 1.54) is 0 Å². The Morgan fingerprint density at radius 1 is 1.12 bits per heavy atom. The summed E-state index contributed by atoms with van der Waals surface area (Å²) in [6, 6.07) is 0.